The van der Waals surface area contributed by atoms with Crippen molar-refractivity contribution in [2.75, 3.05) is 7.05 Å². The van der Waals surface area contributed by atoms with Gasteiger partial charge in [0.05, 0.1) is 2.88 Å². The quantitative estimate of drug-likeness (QED) is 0.698. The van der Waals surface area contributed by atoms with Crippen molar-refractivity contribution in [1.29, 1.82) is 0 Å². The number of likely N-dealkylation sites (N-methyl/N-ethyl adjacent to an activating group) is 1. The number of thiophene rings is 2. The molecule has 2 heterocycles. The van der Waals surface area contributed by atoms with Crippen LogP contribution >= 0.6 is 61.2 Å². The van der Waals surface area contributed by atoms with E-state index in [0.717, 1.165) is 6.42 Å². The van der Waals surface area contributed by atoms with Crippen molar-refractivity contribution in [3.05, 3.63) is 40.7 Å². The van der Waals surface area contributed by atoms with Crippen LogP contribution in [0.15, 0.2) is 27.4 Å². The van der Waals surface area contributed by atoms with E-state index >= 15 is 0 Å². The van der Waals surface area contributed by atoms with Crippen molar-refractivity contribution < 1.29 is 0 Å². The Labute approximate surface area is 126 Å². The van der Waals surface area contributed by atoms with Gasteiger partial charge in [-0.1, -0.05) is 0 Å². The van der Waals surface area contributed by atoms with E-state index in [1.165, 1.54) is 17.8 Å². The molecule has 1 atom stereocenters. The molecule has 0 aliphatic heterocycles. The number of halogens is 2. The lowest BCUT2D eigenvalue weighted by Crippen LogP contribution is -2.17. The molecule has 1 N–H and O–H groups in total. The summed E-state index contributed by atoms with van der Waals surface area (Å²) in [4.78, 5) is 1.40. The normalized spacial score (nSPS) is 12.9. The average Bonchev–Trinajstić information content (AvgIpc) is 2.85. The Morgan fingerprint density at radius 3 is 2.81 bits per heavy atom. The van der Waals surface area contributed by atoms with E-state index < -0.39 is 0 Å². The Balaban J connectivity index is 2.15. The van der Waals surface area contributed by atoms with Crippen LogP contribution in [-0.2, 0) is 6.42 Å². The Morgan fingerprint density at radius 2 is 2.31 bits per heavy atom. The largest absolute Gasteiger partial charge is 0.313 e. The van der Waals surface area contributed by atoms with Crippen LogP contribution in [0.25, 0.3) is 0 Å². The maximum absolute atomic E-state index is 3.59. The first kappa shape index (κ1) is 13.0. The van der Waals surface area contributed by atoms with Crippen LogP contribution in [0.1, 0.15) is 16.5 Å². The first-order chi connectivity index (χ1) is 7.70. The van der Waals surface area contributed by atoms with Crippen LogP contribution in [0.3, 0.4) is 0 Å². The fraction of sp³-hybridized carbons (Fsp3) is 0.273. The molecule has 0 spiro atoms. The van der Waals surface area contributed by atoms with Crippen LogP contribution in [0.4, 0.5) is 0 Å². The zero-order valence-corrected chi connectivity index (χ0v) is 14.0. The Hall–Kier alpha value is 0.570. The SMILES string of the molecule is CNC(Cc1sccc1Br)c1csc(I)c1. The maximum Gasteiger partial charge on any atom is 0.0656 e. The number of rotatable bonds is 4. The predicted octanol–water partition coefficient (Wildman–Crippen LogP) is 4.68. The molecule has 5 heteroatoms. The topological polar surface area (TPSA) is 12.0 Å². The minimum absolute atomic E-state index is 0.412. The summed E-state index contributed by atoms with van der Waals surface area (Å²) >= 11 is 9.57. The van der Waals surface area contributed by atoms with Crippen molar-refractivity contribution in [2.24, 2.45) is 0 Å². The molecule has 2 rings (SSSR count). The first-order valence-corrected chi connectivity index (χ1v) is 8.47. The lowest BCUT2D eigenvalue weighted by molar-refractivity contribution is 0.597. The number of nitrogens with one attached hydrogen (secondary N) is 1. The van der Waals surface area contributed by atoms with Gasteiger partial charge in [-0.25, -0.2) is 0 Å². The molecule has 0 amide bonds. The van der Waals surface area contributed by atoms with Gasteiger partial charge in [0, 0.05) is 21.8 Å². The summed E-state index contributed by atoms with van der Waals surface area (Å²) in [7, 11) is 2.02. The monoisotopic (exact) mass is 427 g/mol. The second-order valence-electron chi connectivity index (χ2n) is 3.42. The summed E-state index contributed by atoms with van der Waals surface area (Å²) in [5.74, 6) is 0. The van der Waals surface area contributed by atoms with E-state index in [2.05, 4.69) is 66.7 Å². The molecular formula is C11H11BrINS2. The molecule has 0 bridgehead atoms. The van der Waals surface area contributed by atoms with E-state index in [9.17, 15) is 0 Å². The molecule has 0 aliphatic rings. The first-order valence-electron chi connectivity index (χ1n) is 4.83. The summed E-state index contributed by atoms with van der Waals surface area (Å²) in [6.45, 7) is 0. The summed E-state index contributed by atoms with van der Waals surface area (Å²) in [5.41, 5.74) is 1.39. The van der Waals surface area contributed by atoms with Gasteiger partial charge in [-0.3, -0.25) is 0 Å². The highest BCUT2D eigenvalue weighted by molar-refractivity contribution is 14.1. The molecule has 16 heavy (non-hydrogen) atoms. The van der Waals surface area contributed by atoms with Gasteiger partial charge < -0.3 is 5.32 Å². The molecule has 1 nitrogen and oxygen atoms in total. The van der Waals surface area contributed by atoms with Crippen LogP contribution in [0.2, 0.25) is 0 Å². The highest BCUT2D eigenvalue weighted by Crippen LogP contribution is 2.30. The lowest BCUT2D eigenvalue weighted by atomic mass is 10.1. The van der Waals surface area contributed by atoms with Gasteiger partial charge in [0.25, 0.3) is 0 Å². The van der Waals surface area contributed by atoms with Crippen LogP contribution < -0.4 is 5.32 Å². The molecule has 0 aliphatic carbocycles. The molecule has 2 aromatic heterocycles. The third kappa shape index (κ3) is 3.07. The Bertz CT molecular complexity index is 466. The van der Waals surface area contributed by atoms with Gasteiger partial charge in [-0.2, -0.15) is 0 Å². The van der Waals surface area contributed by atoms with Crippen molar-refractivity contribution in [1.82, 2.24) is 5.32 Å². The smallest absolute Gasteiger partial charge is 0.0656 e. The second-order valence-corrected chi connectivity index (χ2v) is 8.08. The number of hydrogen-bond donors (Lipinski definition) is 1. The van der Waals surface area contributed by atoms with E-state index in [1.54, 1.807) is 11.3 Å². The Morgan fingerprint density at radius 1 is 1.50 bits per heavy atom. The second kappa shape index (κ2) is 5.95. The molecule has 0 fully saturated rings. The lowest BCUT2D eigenvalue weighted by Gasteiger charge is -2.14. The summed E-state index contributed by atoms with van der Waals surface area (Å²) in [6.07, 6.45) is 1.04. The van der Waals surface area contributed by atoms with Crippen molar-refractivity contribution in [3.8, 4) is 0 Å². The van der Waals surface area contributed by atoms with Gasteiger partial charge in [0.2, 0.25) is 0 Å². The van der Waals surface area contributed by atoms with E-state index in [0.29, 0.717) is 6.04 Å². The highest BCUT2D eigenvalue weighted by atomic mass is 127. The Kier molecular flexibility index (Phi) is 4.84. The summed E-state index contributed by atoms with van der Waals surface area (Å²) in [6, 6.07) is 4.78. The third-order valence-corrected chi connectivity index (χ3v) is 6.18. The van der Waals surface area contributed by atoms with Crippen molar-refractivity contribution in [3.63, 3.8) is 0 Å². The van der Waals surface area contributed by atoms with Crippen LogP contribution in [0.5, 0.6) is 0 Å². The standard InChI is InChI=1S/C11H11BrINS2/c1-14-9(7-4-11(13)16-6-7)5-10-8(12)2-3-15-10/h2-4,6,9,14H,5H2,1H3. The average molecular weight is 428 g/mol. The van der Waals surface area contributed by atoms with E-state index in [1.807, 2.05) is 18.4 Å². The van der Waals surface area contributed by atoms with Gasteiger partial charge in [-0.15, -0.1) is 22.7 Å². The fourth-order valence-corrected chi connectivity index (χ4v) is 4.54. The van der Waals surface area contributed by atoms with Gasteiger partial charge >= 0.3 is 0 Å². The molecule has 0 saturated carbocycles. The van der Waals surface area contributed by atoms with Crippen molar-refractivity contribution >= 4 is 61.2 Å². The fourth-order valence-electron chi connectivity index (χ4n) is 1.55. The van der Waals surface area contributed by atoms with Gasteiger partial charge in [0.15, 0.2) is 0 Å². The van der Waals surface area contributed by atoms with Crippen molar-refractivity contribution in [2.45, 2.75) is 12.5 Å². The van der Waals surface area contributed by atoms with Crippen LogP contribution in [0, 0.1) is 2.88 Å². The highest BCUT2D eigenvalue weighted by Gasteiger charge is 2.14. The molecule has 86 valence electrons. The molecule has 2 aromatic rings. The minimum atomic E-state index is 0.412. The maximum atomic E-state index is 3.59. The molecule has 0 radical (unpaired) electrons. The summed E-state index contributed by atoms with van der Waals surface area (Å²) in [5, 5.41) is 7.76. The predicted molar refractivity (Wildman–Crippen MR) is 84.6 cm³/mol. The van der Waals surface area contributed by atoms with E-state index in [4.69, 9.17) is 0 Å². The molecule has 1 unspecified atom stereocenters. The van der Waals surface area contributed by atoms with Gasteiger partial charge in [-0.05, 0) is 74.0 Å². The zero-order chi connectivity index (χ0) is 11.5. The molecular weight excluding hydrogens is 417 g/mol. The zero-order valence-electron chi connectivity index (χ0n) is 8.67. The van der Waals surface area contributed by atoms with Gasteiger partial charge in [0.1, 0.15) is 0 Å². The van der Waals surface area contributed by atoms with E-state index in [-0.39, 0.29) is 0 Å². The molecule has 0 aromatic carbocycles. The molecule has 0 saturated heterocycles. The number of hydrogen-bond acceptors (Lipinski definition) is 3. The summed E-state index contributed by atoms with van der Waals surface area (Å²) < 4.78 is 2.57. The van der Waals surface area contributed by atoms with Crippen LogP contribution in [-0.4, -0.2) is 7.05 Å². The minimum Gasteiger partial charge on any atom is -0.313 e. The third-order valence-electron chi connectivity index (χ3n) is 2.42.